The summed E-state index contributed by atoms with van der Waals surface area (Å²) in [6.45, 7) is 1.03. The van der Waals surface area contributed by atoms with Crippen LogP contribution in [0.4, 0.5) is 5.69 Å². The number of nitrogens with zero attached hydrogens (tertiary/aromatic N) is 2. The number of hydrogen-bond donors (Lipinski definition) is 0. The first-order valence-corrected chi connectivity index (χ1v) is 8.79. The summed E-state index contributed by atoms with van der Waals surface area (Å²) in [5.74, 6) is -1.53. The van der Waals surface area contributed by atoms with Crippen LogP contribution in [0, 0.1) is 17.0 Å². The van der Waals surface area contributed by atoms with Gasteiger partial charge < -0.3 is 14.2 Å². The molecule has 1 heterocycles. The molecule has 30 heavy (non-hydrogen) atoms. The van der Waals surface area contributed by atoms with Crippen molar-refractivity contribution in [2.75, 3.05) is 20.8 Å². The van der Waals surface area contributed by atoms with Crippen LogP contribution in [0.5, 0.6) is 11.5 Å². The Morgan fingerprint density at radius 3 is 2.40 bits per heavy atom. The van der Waals surface area contributed by atoms with E-state index in [0.717, 1.165) is 11.6 Å². The highest BCUT2D eigenvalue weighted by atomic mass is 16.6. The number of ether oxygens (including phenoxy) is 3. The number of aryl methyl sites for hydroxylation is 1. The molecule has 0 spiro atoms. The molecule has 156 valence electrons. The number of fused-ring (bicyclic) bond motifs is 1. The summed E-state index contributed by atoms with van der Waals surface area (Å²) in [7, 11) is 2.98. The van der Waals surface area contributed by atoms with Gasteiger partial charge in [0.1, 0.15) is 18.7 Å². The molecule has 0 N–H and O–H groups in total. The molecule has 3 rings (SSSR count). The van der Waals surface area contributed by atoms with Crippen LogP contribution in [0.1, 0.15) is 31.8 Å². The lowest BCUT2D eigenvalue weighted by molar-refractivity contribution is -0.385. The normalized spacial score (nSPS) is 12.6. The number of methoxy groups -OCH3 is 2. The highest BCUT2D eigenvalue weighted by Gasteiger charge is 2.41. The first-order valence-electron chi connectivity index (χ1n) is 8.79. The van der Waals surface area contributed by atoms with Crippen LogP contribution in [-0.4, -0.2) is 48.4 Å². The van der Waals surface area contributed by atoms with Crippen LogP contribution in [0.25, 0.3) is 0 Å². The summed E-state index contributed by atoms with van der Waals surface area (Å²) < 4.78 is 15.6. The van der Waals surface area contributed by atoms with E-state index in [1.54, 1.807) is 19.1 Å². The third-order valence-corrected chi connectivity index (χ3v) is 4.69. The van der Waals surface area contributed by atoms with Gasteiger partial charge in [0, 0.05) is 6.07 Å². The molecule has 0 aliphatic carbocycles. The van der Waals surface area contributed by atoms with Gasteiger partial charge in [-0.05, 0) is 36.2 Å². The van der Waals surface area contributed by atoms with Crippen molar-refractivity contribution in [3.05, 3.63) is 62.7 Å². The smallest absolute Gasteiger partial charge is 0.326 e. The zero-order chi connectivity index (χ0) is 22.0. The maximum absolute atomic E-state index is 12.5. The Morgan fingerprint density at radius 1 is 1.10 bits per heavy atom. The number of carbonyl (C=O) groups excluding carboxylic acids is 3. The van der Waals surface area contributed by atoms with Crippen LogP contribution in [0.3, 0.4) is 0 Å². The Kier molecular flexibility index (Phi) is 5.67. The maximum atomic E-state index is 12.5. The molecule has 0 radical (unpaired) electrons. The Labute approximate surface area is 171 Å². The average molecular weight is 414 g/mol. The summed E-state index contributed by atoms with van der Waals surface area (Å²) in [6, 6.07) is 7.13. The molecule has 0 saturated heterocycles. The molecule has 2 amide bonds. The second kappa shape index (κ2) is 8.19. The van der Waals surface area contributed by atoms with Crippen molar-refractivity contribution < 1.29 is 33.5 Å². The zero-order valence-electron chi connectivity index (χ0n) is 16.5. The van der Waals surface area contributed by atoms with E-state index in [4.69, 9.17) is 14.2 Å². The Hall–Kier alpha value is -3.95. The molecule has 0 unspecified atom stereocenters. The SMILES string of the molecule is COc1cc(C)c(COC(=O)CN2C(=O)c3cccc([N+](=O)[O-])c3C2=O)cc1OC. The third kappa shape index (κ3) is 3.66. The Balaban J connectivity index is 1.72. The standard InChI is InChI=1S/C20H18N2O8/c1-11-7-15(28-2)16(29-3)8-12(11)10-30-17(23)9-21-19(24)13-5-4-6-14(22(26)27)18(13)20(21)25/h4-8H,9-10H2,1-3H3. The van der Waals surface area contributed by atoms with Crippen molar-refractivity contribution in [2.24, 2.45) is 0 Å². The number of rotatable bonds is 7. The second-order valence-electron chi connectivity index (χ2n) is 6.45. The van der Waals surface area contributed by atoms with E-state index >= 15 is 0 Å². The maximum Gasteiger partial charge on any atom is 0.326 e. The van der Waals surface area contributed by atoms with Crippen LogP contribution in [-0.2, 0) is 16.1 Å². The number of nitro groups is 1. The Morgan fingerprint density at radius 2 is 1.77 bits per heavy atom. The van der Waals surface area contributed by atoms with E-state index in [9.17, 15) is 24.5 Å². The lowest BCUT2D eigenvalue weighted by atomic mass is 10.1. The molecule has 0 fully saturated rings. The zero-order valence-corrected chi connectivity index (χ0v) is 16.5. The molecule has 0 saturated carbocycles. The summed E-state index contributed by atoms with van der Waals surface area (Å²) in [4.78, 5) is 48.3. The molecular weight excluding hydrogens is 396 g/mol. The molecule has 10 nitrogen and oxygen atoms in total. The molecule has 1 aliphatic heterocycles. The van der Waals surface area contributed by atoms with Crippen LogP contribution >= 0.6 is 0 Å². The summed E-state index contributed by atoms with van der Waals surface area (Å²) in [6.07, 6.45) is 0. The molecule has 0 atom stereocenters. The van der Waals surface area contributed by atoms with Crippen molar-refractivity contribution in [3.63, 3.8) is 0 Å². The van der Waals surface area contributed by atoms with Crippen molar-refractivity contribution in [2.45, 2.75) is 13.5 Å². The van der Waals surface area contributed by atoms with Gasteiger partial charge in [-0.15, -0.1) is 0 Å². The highest BCUT2D eigenvalue weighted by Crippen LogP contribution is 2.32. The number of nitro benzene ring substituents is 1. The van der Waals surface area contributed by atoms with Crippen LogP contribution in [0.15, 0.2) is 30.3 Å². The van der Waals surface area contributed by atoms with E-state index in [1.165, 1.54) is 26.4 Å². The third-order valence-electron chi connectivity index (χ3n) is 4.69. The summed E-state index contributed by atoms with van der Waals surface area (Å²) >= 11 is 0. The van der Waals surface area contributed by atoms with E-state index in [1.807, 2.05) is 0 Å². The predicted molar refractivity (Wildman–Crippen MR) is 103 cm³/mol. The number of amides is 2. The first kappa shape index (κ1) is 20.8. The molecular formula is C20H18N2O8. The number of esters is 1. The number of imide groups is 1. The summed E-state index contributed by atoms with van der Waals surface area (Å²) in [5, 5.41) is 11.1. The lowest BCUT2D eigenvalue weighted by Gasteiger charge is -2.15. The van der Waals surface area contributed by atoms with Gasteiger partial charge in [-0.2, -0.15) is 0 Å². The van der Waals surface area contributed by atoms with Crippen molar-refractivity contribution in [1.82, 2.24) is 4.90 Å². The van der Waals surface area contributed by atoms with Gasteiger partial charge in [0.25, 0.3) is 17.5 Å². The molecule has 10 heteroatoms. The quantitative estimate of drug-likeness (QED) is 0.292. The number of hydrogen-bond acceptors (Lipinski definition) is 8. The predicted octanol–water partition coefficient (Wildman–Crippen LogP) is 2.26. The topological polar surface area (TPSA) is 125 Å². The van der Waals surface area contributed by atoms with E-state index in [0.29, 0.717) is 22.0 Å². The van der Waals surface area contributed by atoms with Crippen molar-refractivity contribution in [1.29, 1.82) is 0 Å². The van der Waals surface area contributed by atoms with Crippen LogP contribution < -0.4 is 9.47 Å². The van der Waals surface area contributed by atoms with E-state index in [2.05, 4.69) is 0 Å². The second-order valence-corrected chi connectivity index (χ2v) is 6.45. The fraction of sp³-hybridized carbons (Fsp3) is 0.250. The lowest BCUT2D eigenvalue weighted by Crippen LogP contribution is -2.35. The molecule has 0 bridgehead atoms. The van der Waals surface area contributed by atoms with E-state index < -0.39 is 34.9 Å². The minimum atomic E-state index is -0.901. The fourth-order valence-corrected chi connectivity index (χ4v) is 3.12. The fourth-order valence-electron chi connectivity index (χ4n) is 3.12. The monoisotopic (exact) mass is 414 g/mol. The van der Waals surface area contributed by atoms with Gasteiger partial charge in [-0.25, -0.2) is 0 Å². The van der Waals surface area contributed by atoms with Crippen molar-refractivity contribution in [3.8, 4) is 11.5 Å². The molecule has 2 aromatic carbocycles. The minimum Gasteiger partial charge on any atom is -0.493 e. The van der Waals surface area contributed by atoms with Gasteiger partial charge in [0.15, 0.2) is 11.5 Å². The molecule has 2 aromatic rings. The van der Waals surface area contributed by atoms with Gasteiger partial charge in [0.05, 0.1) is 24.7 Å². The number of carbonyl (C=O) groups is 3. The molecule has 1 aliphatic rings. The largest absolute Gasteiger partial charge is 0.493 e. The van der Waals surface area contributed by atoms with E-state index in [-0.39, 0.29) is 17.7 Å². The molecule has 0 aromatic heterocycles. The Bertz CT molecular complexity index is 1060. The number of benzene rings is 2. The van der Waals surface area contributed by atoms with Gasteiger partial charge in [-0.1, -0.05) is 6.07 Å². The van der Waals surface area contributed by atoms with Gasteiger partial charge in [0.2, 0.25) is 0 Å². The average Bonchev–Trinajstić information content (AvgIpc) is 2.97. The van der Waals surface area contributed by atoms with Crippen molar-refractivity contribution >= 4 is 23.5 Å². The highest BCUT2D eigenvalue weighted by molar-refractivity contribution is 6.24. The van der Waals surface area contributed by atoms with Gasteiger partial charge in [-0.3, -0.25) is 29.4 Å². The minimum absolute atomic E-state index is 0.113. The summed E-state index contributed by atoms with van der Waals surface area (Å²) in [5.41, 5.74) is 0.521. The van der Waals surface area contributed by atoms with Crippen LogP contribution in [0.2, 0.25) is 0 Å². The first-order chi connectivity index (χ1) is 14.3. The van der Waals surface area contributed by atoms with Gasteiger partial charge >= 0.3 is 5.97 Å².